The van der Waals surface area contributed by atoms with Crippen molar-refractivity contribution in [3.8, 4) is 23.0 Å². The van der Waals surface area contributed by atoms with Crippen LogP contribution in [0.3, 0.4) is 0 Å². The van der Waals surface area contributed by atoms with Gasteiger partial charge in [-0.1, -0.05) is 41.9 Å². The number of nitrogens with zero attached hydrogens (tertiary/aromatic N) is 9. The van der Waals surface area contributed by atoms with Crippen molar-refractivity contribution < 1.29 is 18.8 Å². The van der Waals surface area contributed by atoms with Gasteiger partial charge >= 0.3 is 0 Å². The number of Topliss-reactive ketones (excluding diaryl/α,β-unsaturated/α-hetero) is 1. The van der Waals surface area contributed by atoms with Crippen LogP contribution in [0.15, 0.2) is 77.6 Å². The van der Waals surface area contributed by atoms with Crippen LogP contribution in [0.4, 0.5) is 11.6 Å². The maximum absolute atomic E-state index is 13.7. The smallest absolute Gasteiger partial charge is 0.186 e. The molecule has 4 atom stereocenters. The Kier molecular flexibility index (Phi) is 11.7. The number of aromatic nitrogens is 6. The van der Waals surface area contributed by atoms with Crippen LogP contribution in [0.25, 0.3) is 22.6 Å². The normalized spacial score (nSPS) is 20.0. The average Bonchev–Trinajstić information content (AvgIpc) is 4.07. The van der Waals surface area contributed by atoms with Crippen molar-refractivity contribution in [2.45, 2.75) is 115 Å². The number of likely N-dealkylation sites (N-methyl/N-ethyl adjacent to an activating group) is 1. The van der Waals surface area contributed by atoms with Gasteiger partial charge in [0.1, 0.15) is 28.9 Å². The number of rotatable bonds is 14. The third-order valence-electron chi connectivity index (χ3n) is 13.9. The van der Waals surface area contributed by atoms with E-state index in [1.165, 1.54) is 0 Å². The number of ether oxygens (including phenoxy) is 2. The number of likely N-dealkylation sites (tertiary alicyclic amines) is 1. The SMILES string of the molecule is CCN(c1nc(-c2noc3c2CCC[C@@]32CCCCC2=O)nc2c1cnn2[C@@H](C)[C@@H]1CCCN1C)C(C)c1cccnc1N(Cc1ccc(OC)cc1)Cc1ccc(OC)cc1. The van der Waals surface area contributed by atoms with Gasteiger partial charge in [-0.2, -0.15) is 5.10 Å². The number of hydrogen-bond acceptors (Lipinski definition) is 12. The number of carbonyl (C=O) groups excluding carboxylic acids is 1. The first-order valence-electron chi connectivity index (χ1n) is 22.4. The van der Waals surface area contributed by atoms with Gasteiger partial charge in [0.25, 0.3) is 0 Å². The third kappa shape index (κ3) is 7.58. The molecule has 2 fully saturated rings. The van der Waals surface area contributed by atoms with Gasteiger partial charge in [-0.15, -0.1) is 0 Å². The lowest BCUT2D eigenvalue weighted by Crippen LogP contribution is -2.41. The predicted octanol–water partition coefficient (Wildman–Crippen LogP) is 9.06. The van der Waals surface area contributed by atoms with Gasteiger partial charge in [-0.3, -0.25) is 4.79 Å². The summed E-state index contributed by atoms with van der Waals surface area (Å²) in [5.74, 6) is 4.82. The lowest BCUT2D eigenvalue weighted by Gasteiger charge is -2.36. The summed E-state index contributed by atoms with van der Waals surface area (Å²) in [5, 5.41) is 10.7. The van der Waals surface area contributed by atoms with E-state index in [-0.39, 0.29) is 17.9 Å². The predicted molar refractivity (Wildman–Crippen MR) is 241 cm³/mol. The maximum Gasteiger partial charge on any atom is 0.186 e. The zero-order valence-electron chi connectivity index (χ0n) is 37.0. The molecule has 0 radical (unpaired) electrons. The van der Waals surface area contributed by atoms with E-state index in [4.69, 9.17) is 39.2 Å². The Labute approximate surface area is 364 Å². The highest BCUT2D eigenvalue weighted by Crippen LogP contribution is 2.48. The van der Waals surface area contributed by atoms with Crippen molar-refractivity contribution in [1.29, 1.82) is 0 Å². The molecule has 6 aromatic rings. The van der Waals surface area contributed by atoms with E-state index in [9.17, 15) is 4.79 Å². The summed E-state index contributed by atoms with van der Waals surface area (Å²) < 4.78 is 19.3. The molecule has 5 heterocycles. The molecule has 1 saturated carbocycles. The second kappa shape index (κ2) is 17.5. The number of ketones is 1. The van der Waals surface area contributed by atoms with Crippen LogP contribution in [-0.4, -0.2) is 81.0 Å². The molecule has 2 aliphatic carbocycles. The molecular formula is C49H59N9O4. The fraction of sp³-hybridized carbons (Fsp3) is 0.469. The fourth-order valence-corrected chi connectivity index (χ4v) is 10.5. The van der Waals surface area contributed by atoms with Crippen LogP contribution in [-0.2, 0) is 29.7 Å². The van der Waals surface area contributed by atoms with E-state index in [2.05, 4.69) is 77.5 Å². The molecule has 1 saturated heterocycles. The summed E-state index contributed by atoms with van der Waals surface area (Å²) in [6.45, 7) is 9.62. The number of methoxy groups -OCH3 is 2. The first-order chi connectivity index (χ1) is 30.2. The zero-order chi connectivity index (χ0) is 43.0. The molecule has 1 spiro atoms. The topological polar surface area (TPSA) is 128 Å². The standard InChI is InChI=1S/C49H59N9O4/c1-7-57(32(2)38-14-11-27-50-46(38)56(30-34-17-21-36(60-5)22-18-34)31-35-19-23-37(61-6)24-20-35)47-40-29-51-58(33(3)41-15-12-28-55(41)4)48(40)53-45(52-47)43-39-13-10-26-49(44(39)62-54-43)25-9-8-16-42(49)59/h11,14,17-24,27,29,32-33,41H,7-10,12-13,15-16,25-26,28,30-31H2,1-6H3/t32?,33-,41-,49+/m0/s1. The Balaban J connectivity index is 1.15. The van der Waals surface area contributed by atoms with Crippen LogP contribution in [0.2, 0.25) is 0 Å². The van der Waals surface area contributed by atoms with Gasteiger partial charge in [-0.05, 0) is 121 Å². The molecule has 13 nitrogen and oxygen atoms in total. The summed E-state index contributed by atoms with van der Waals surface area (Å²) in [7, 11) is 5.58. The van der Waals surface area contributed by atoms with Crippen molar-refractivity contribution in [3.05, 3.63) is 101 Å². The highest BCUT2D eigenvalue weighted by molar-refractivity contribution is 5.92. The molecule has 3 aliphatic rings. The number of carbonyl (C=O) groups is 1. The molecule has 0 N–H and O–H groups in total. The second-order valence-corrected chi connectivity index (χ2v) is 17.5. The van der Waals surface area contributed by atoms with Gasteiger partial charge in [0.05, 0.1) is 43.3 Å². The monoisotopic (exact) mass is 837 g/mol. The van der Waals surface area contributed by atoms with E-state index in [0.717, 1.165) is 120 Å². The van der Waals surface area contributed by atoms with Crippen LogP contribution in [0.5, 0.6) is 11.5 Å². The summed E-state index contributed by atoms with van der Waals surface area (Å²) in [6, 6.07) is 20.9. The highest BCUT2D eigenvalue weighted by Gasteiger charge is 2.48. The molecule has 324 valence electrons. The molecule has 9 rings (SSSR count). The highest BCUT2D eigenvalue weighted by atomic mass is 16.5. The van der Waals surface area contributed by atoms with Crippen LogP contribution in [0, 0.1) is 0 Å². The van der Waals surface area contributed by atoms with Gasteiger partial charge in [0.2, 0.25) is 0 Å². The molecule has 13 heteroatoms. The third-order valence-corrected chi connectivity index (χ3v) is 13.9. The minimum atomic E-state index is -0.600. The van der Waals surface area contributed by atoms with E-state index < -0.39 is 5.41 Å². The van der Waals surface area contributed by atoms with E-state index >= 15 is 0 Å². The Morgan fingerprint density at radius 1 is 0.887 bits per heavy atom. The molecule has 0 bridgehead atoms. The summed E-state index contributed by atoms with van der Waals surface area (Å²) in [5.41, 5.74) is 5.12. The Morgan fingerprint density at radius 3 is 2.24 bits per heavy atom. The Bertz CT molecular complexity index is 2470. The molecule has 0 amide bonds. The van der Waals surface area contributed by atoms with E-state index in [0.29, 0.717) is 43.6 Å². The first-order valence-corrected chi connectivity index (χ1v) is 22.4. The first kappa shape index (κ1) is 41.5. The van der Waals surface area contributed by atoms with Crippen molar-refractivity contribution in [3.63, 3.8) is 0 Å². The molecule has 2 aromatic carbocycles. The maximum atomic E-state index is 13.7. The number of anilines is 2. The van der Waals surface area contributed by atoms with Crippen LogP contribution in [0.1, 0.15) is 112 Å². The minimum Gasteiger partial charge on any atom is -0.497 e. The Hall–Kier alpha value is -5.82. The average molecular weight is 838 g/mol. The number of benzene rings is 2. The number of fused-ring (bicyclic) bond motifs is 3. The van der Waals surface area contributed by atoms with Gasteiger partial charge in [0.15, 0.2) is 22.9 Å². The molecule has 1 unspecified atom stereocenters. The molecule has 62 heavy (non-hydrogen) atoms. The molecule has 1 aliphatic heterocycles. The largest absolute Gasteiger partial charge is 0.497 e. The molecule has 4 aromatic heterocycles. The van der Waals surface area contributed by atoms with Gasteiger partial charge < -0.3 is 28.7 Å². The summed E-state index contributed by atoms with van der Waals surface area (Å²) in [4.78, 5) is 36.6. The van der Waals surface area contributed by atoms with Crippen LogP contribution < -0.4 is 19.3 Å². The lowest BCUT2D eigenvalue weighted by atomic mass is 9.64. The van der Waals surface area contributed by atoms with Gasteiger partial charge in [0, 0.05) is 49.4 Å². The van der Waals surface area contributed by atoms with E-state index in [1.807, 2.05) is 42.7 Å². The van der Waals surface area contributed by atoms with Crippen molar-refractivity contribution in [2.24, 2.45) is 0 Å². The zero-order valence-corrected chi connectivity index (χ0v) is 37.0. The van der Waals surface area contributed by atoms with Crippen molar-refractivity contribution >= 4 is 28.5 Å². The summed E-state index contributed by atoms with van der Waals surface area (Å²) >= 11 is 0. The second-order valence-electron chi connectivity index (χ2n) is 17.5. The van der Waals surface area contributed by atoms with Crippen molar-refractivity contribution in [2.75, 3.05) is 44.2 Å². The Morgan fingerprint density at radius 2 is 1.60 bits per heavy atom. The summed E-state index contributed by atoms with van der Waals surface area (Å²) in [6.07, 6.45) is 11.9. The fourth-order valence-electron chi connectivity index (χ4n) is 10.5. The van der Waals surface area contributed by atoms with E-state index in [1.54, 1.807) is 14.2 Å². The molecular weight excluding hydrogens is 779 g/mol. The number of pyridine rings is 1. The number of hydrogen-bond donors (Lipinski definition) is 0. The lowest BCUT2D eigenvalue weighted by molar-refractivity contribution is -0.128. The van der Waals surface area contributed by atoms with Gasteiger partial charge in [-0.25, -0.2) is 19.6 Å². The minimum absolute atomic E-state index is 0.0758. The van der Waals surface area contributed by atoms with Crippen LogP contribution >= 0.6 is 0 Å². The quantitative estimate of drug-likeness (QED) is 0.104. The van der Waals surface area contributed by atoms with Crippen molar-refractivity contribution in [1.82, 2.24) is 34.8 Å².